The van der Waals surface area contributed by atoms with Crippen molar-refractivity contribution < 1.29 is 14.3 Å². The van der Waals surface area contributed by atoms with Crippen LogP contribution >= 0.6 is 0 Å². The summed E-state index contributed by atoms with van der Waals surface area (Å²) in [6.07, 6.45) is 1.79. The minimum absolute atomic E-state index is 0.0519. The molecule has 3 rings (SSSR count). The number of methoxy groups -OCH3 is 1. The highest BCUT2D eigenvalue weighted by Gasteiger charge is 2.42. The largest absolute Gasteiger partial charge is 0.497 e. The molecule has 124 valence electrons. The van der Waals surface area contributed by atoms with Crippen molar-refractivity contribution in [2.45, 2.75) is 12.5 Å². The summed E-state index contributed by atoms with van der Waals surface area (Å²) in [5.41, 5.74) is 0.879. The topological polar surface area (TPSA) is 71.5 Å². The molecule has 2 atom stereocenters. The van der Waals surface area contributed by atoms with Crippen molar-refractivity contribution in [3.05, 3.63) is 54.2 Å². The Morgan fingerprint density at radius 3 is 2.83 bits per heavy atom. The number of rotatable bonds is 4. The van der Waals surface area contributed by atoms with Gasteiger partial charge in [-0.05, 0) is 29.8 Å². The molecule has 2 amide bonds. The number of nitrogens with one attached hydrogen (secondary N) is 1. The number of hydrogen-bond acceptors (Lipinski definition) is 4. The van der Waals surface area contributed by atoms with E-state index in [1.54, 1.807) is 43.5 Å². The normalized spacial score (nSPS) is 20.1. The van der Waals surface area contributed by atoms with Gasteiger partial charge in [-0.15, -0.1) is 0 Å². The number of nitrogens with zero attached hydrogens (tertiary/aromatic N) is 2. The SMILES string of the molecule is COc1cccc(C2C(C(=O)Nc3ccccn3)CC(=O)N2C)c1. The van der Waals surface area contributed by atoms with Crippen LogP contribution in [0.4, 0.5) is 5.82 Å². The molecule has 1 aromatic heterocycles. The van der Waals surface area contributed by atoms with Crippen LogP contribution in [0.15, 0.2) is 48.7 Å². The minimum Gasteiger partial charge on any atom is -0.497 e. The fraction of sp³-hybridized carbons (Fsp3) is 0.278. The van der Waals surface area contributed by atoms with E-state index < -0.39 is 5.92 Å². The summed E-state index contributed by atoms with van der Waals surface area (Å²) in [5, 5.41) is 2.79. The van der Waals surface area contributed by atoms with Crippen molar-refractivity contribution in [2.75, 3.05) is 19.5 Å². The van der Waals surface area contributed by atoms with Crippen molar-refractivity contribution in [3.63, 3.8) is 0 Å². The Kier molecular flexibility index (Phi) is 4.46. The lowest BCUT2D eigenvalue weighted by molar-refractivity contribution is -0.128. The number of anilines is 1. The molecule has 2 heterocycles. The monoisotopic (exact) mass is 325 g/mol. The van der Waals surface area contributed by atoms with Crippen LogP contribution in [0.2, 0.25) is 0 Å². The lowest BCUT2D eigenvalue weighted by Crippen LogP contribution is -2.30. The number of amides is 2. The first-order chi connectivity index (χ1) is 11.6. The summed E-state index contributed by atoms with van der Waals surface area (Å²) in [4.78, 5) is 30.6. The second kappa shape index (κ2) is 6.70. The van der Waals surface area contributed by atoms with Crippen LogP contribution in [0.25, 0.3) is 0 Å². The van der Waals surface area contributed by atoms with Gasteiger partial charge >= 0.3 is 0 Å². The van der Waals surface area contributed by atoms with E-state index in [-0.39, 0.29) is 24.3 Å². The predicted octanol–water partition coefficient (Wildman–Crippen LogP) is 2.25. The van der Waals surface area contributed by atoms with E-state index in [0.717, 1.165) is 5.56 Å². The quantitative estimate of drug-likeness (QED) is 0.936. The first kappa shape index (κ1) is 16.0. The molecule has 6 nitrogen and oxygen atoms in total. The third kappa shape index (κ3) is 3.08. The van der Waals surface area contributed by atoms with Gasteiger partial charge in [0.2, 0.25) is 11.8 Å². The Labute approximate surface area is 140 Å². The molecule has 0 radical (unpaired) electrons. The van der Waals surface area contributed by atoms with Crippen LogP contribution in [0, 0.1) is 5.92 Å². The van der Waals surface area contributed by atoms with Crippen molar-refractivity contribution in [1.82, 2.24) is 9.88 Å². The van der Waals surface area contributed by atoms with Crippen molar-refractivity contribution in [2.24, 2.45) is 5.92 Å². The number of likely N-dealkylation sites (tertiary alicyclic amines) is 1. The summed E-state index contributed by atoms with van der Waals surface area (Å²) in [7, 11) is 3.31. The van der Waals surface area contributed by atoms with Crippen LogP contribution in [-0.4, -0.2) is 35.9 Å². The summed E-state index contributed by atoms with van der Waals surface area (Å²) in [6.45, 7) is 0. The van der Waals surface area contributed by atoms with E-state index in [1.165, 1.54) is 0 Å². The molecule has 2 unspecified atom stereocenters. The molecule has 1 fully saturated rings. The lowest BCUT2D eigenvalue weighted by atomic mass is 9.92. The molecule has 24 heavy (non-hydrogen) atoms. The summed E-state index contributed by atoms with van der Waals surface area (Å²) in [6, 6.07) is 12.4. The number of pyridine rings is 1. The van der Waals surface area contributed by atoms with Crippen LogP contribution in [0.3, 0.4) is 0 Å². The van der Waals surface area contributed by atoms with Gasteiger partial charge in [0.25, 0.3) is 0 Å². The molecule has 1 saturated heterocycles. The Bertz CT molecular complexity index is 748. The number of carbonyl (C=O) groups is 2. The Morgan fingerprint density at radius 2 is 2.12 bits per heavy atom. The molecule has 6 heteroatoms. The average Bonchev–Trinajstić information content (AvgIpc) is 2.91. The van der Waals surface area contributed by atoms with Gasteiger partial charge in [-0.2, -0.15) is 0 Å². The third-order valence-electron chi connectivity index (χ3n) is 4.27. The molecule has 1 N–H and O–H groups in total. The lowest BCUT2D eigenvalue weighted by Gasteiger charge is -2.25. The van der Waals surface area contributed by atoms with E-state index >= 15 is 0 Å². The van der Waals surface area contributed by atoms with Crippen LogP contribution in [-0.2, 0) is 9.59 Å². The fourth-order valence-corrected chi connectivity index (χ4v) is 3.04. The molecular formula is C18H19N3O3. The van der Waals surface area contributed by atoms with Gasteiger partial charge < -0.3 is 15.0 Å². The van der Waals surface area contributed by atoms with Gasteiger partial charge in [0, 0.05) is 19.7 Å². The highest BCUT2D eigenvalue weighted by atomic mass is 16.5. The highest BCUT2D eigenvalue weighted by molar-refractivity contribution is 5.97. The Balaban J connectivity index is 1.87. The maximum Gasteiger partial charge on any atom is 0.231 e. The fourth-order valence-electron chi connectivity index (χ4n) is 3.04. The average molecular weight is 325 g/mol. The minimum atomic E-state index is -0.475. The van der Waals surface area contributed by atoms with E-state index in [2.05, 4.69) is 10.3 Å². The number of benzene rings is 1. The summed E-state index contributed by atoms with van der Waals surface area (Å²) < 4.78 is 5.25. The predicted molar refractivity (Wildman–Crippen MR) is 89.5 cm³/mol. The summed E-state index contributed by atoms with van der Waals surface area (Å²) >= 11 is 0. The Hall–Kier alpha value is -2.89. The molecule has 2 aromatic rings. The molecule has 0 aliphatic carbocycles. The number of ether oxygens (including phenoxy) is 1. The van der Waals surface area contributed by atoms with E-state index in [4.69, 9.17) is 4.74 Å². The van der Waals surface area contributed by atoms with Gasteiger partial charge in [0.15, 0.2) is 0 Å². The summed E-state index contributed by atoms with van der Waals surface area (Å²) in [5.74, 6) is 0.442. The van der Waals surface area contributed by atoms with Gasteiger partial charge in [-0.1, -0.05) is 18.2 Å². The zero-order valence-corrected chi connectivity index (χ0v) is 13.6. The van der Waals surface area contributed by atoms with E-state index in [1.807, 2.05) is 24.3 Å². The first-order valence-corrected chi connectivity index (χ1v) is 7.71. The van der Waals surface area contributed by atoms with Gasteiger partial charge in [-0.25, -0.2) is 4.98 Å². The van der Waals surface area contributed by atoms with Gasteiger partial charge in [0.1, 0.15) is 11.6 Å². The third-order valence-corrected chi connectivity index (χ3v) is 4.27. The van der Waals surface area contributed by atoms with E-state index in [9.17, 15) is 9.59 Å². The molecule has 0 spiro atoms. The first-order valence-electron chi connectivity index (χ1n) is 7.71. The second-order valence-electron chi connectivity index (χ2n) is 5.74. The Morgan fingerprint density at radius 1 is 1.29 bits per heavy atom. The van der Waals surface area contributed by atoms with Crippen LogP contribution < -0.4 is 10.1 Å². The molecule has 1 aliphatic rings. The molecular weight excluding hydrogens is 306 g/mol. The number of carbonyl (C=O) groups excluding carboxylic acids is 2. The van der Waals surface area contributed by atoms with Gasteiger partial charge in [-0.3, -0.25) is 9.59 Å². The van der Waals surface area contributed by atoms with Crippen LogP contribution in [0.5, 0.6) is 5.75 Å². The molecule has 0 bridgehead atoms. The zero-order chi connectivity index (χ0) is 17.1. The van der Waals surface area contributed by atoms with Crippen molar-refractivity contribution in [3.8, 4) is 5.75 Å². The zero-order valence-electron chi connectivity index (χ0n) is 13.6. The standard InChI is InChI=1S/C18H19N3O3/c1-21-16(22)11-14(18(23)20-15-8-3-4-9-19-15)17(21)12-6-5-7-13(10-12)24-2/h3-10,14,17H,11H2,1-2H3,(H,19,20,23). The number of hydrogen-bond donors (Lipinski definition) is 1. The molecule has 0 saturated carbocycles. The van der Waals surface area contributed by atoms with Crippen molar-refractivity contribution in [1.29, 1.82) is 0 Å². The molecule has 1 aliphatic heterocycles. The van der Waals surface area contributed by atoms with Crippen molar-refractivity contribution >= 4 is 17.6 Å². The smallest absolute Gasteiger partial charge is 0.231 e. The van der Waals surface area contributed by atoms with Gasteiger partial charge in [0.05, 0.1) is 19.1 Å². The maximum atomic E-state index is 12.7. The van der Waals surface area contributed by atoms with Crippen LogP contribution in [0.1, 0.15) is 18.0 Å². The molecule has 1 aromatic carbocycles. The second-order valence-corrected chi connectivity index (χ2v) is 5.74. The maximum absolute atomic E-state index is 12.7. The van der Waals surface area contributed by atoms with E-state index in [0.29, 0.717) is 11.6 Å². The number of aromatic nitrogens is 1. The highest BCUT2D eigenvalue weighted by Crippen LogP contribution is 2.38.